The van der Waals surface area contributed by atoms with Crippen LogP contribution in [-0.2, 0) is 14.9 Å². The number of aromatic nitrogens is 1. The van der Waals surface area contributed by atoms with Crippen molar-refractivity contribution in [2.24, 2.45) is 5.41 Å². The molecular formula is C28H35NO5. The van der Waals surface area contributed by atoms with E-state index in [4.69, 9.17) is 18.9 Å². The molecule has 0 N–H and O–H groups in total. The van der Waals surface area contributed by atoms with E-state index < -0.39 is 16.8 Å². The van der Waals surface area contributed by atoms with Gasteiger partial charge in [-0.05, 0) is 61.6 Å². The average molecular weight is 466 g/mol. The summed E-state index contributed by atoms with van der Waals surface area (Å²) in [4.78, 5) is 29.2. The zero-order valence-corrected chi connectivity index (χ0v) is 21.3. The molecule has 0 aliphatic rings. The Kier molecular flexibility index (Phi) is 7.49. The van der Waals surface area contributed by atoms with Crippen molar-refractivity contribution in [3.8, 4) is 5.75 Å². The molecule has 0 radical (unpaired) electrons. The first-order chi connectivity index (χ1) is 16.1. The van der Waals surface area contributed by atoms with Crippen LogP contribution in [0.5, 0.6) is 5.75 Å². The van der Waals surface area contributed by atoms with Crippen LogP contribution in [0.4, 0.5) is 0 Å². The van der Waals surface area contributed by atoms with Crippen molar-refractivity contribution in [2.75, 3.05) is 13.7 Å². The predicted molar refractivity (Wildman–Crippen MR) is 132 cm³/mol. The number of carbonyl (C=O) groups excluding carboxylic acids is 2. The molecule has 0 amide bonds. The van der Waals surface area contributed by atoms with Gasteiger partial charge in [-0.15, -0.1) is 0 Å². The summed E-state index contributed by atoms with van der Waals surface area (Å²) in [5.74, 6) is 0.990. The number of fused-ring (bicyclic) bond motifs is 1. The number of benzene rings is 2. The summed E-state index contributed by atoms with van der Waals surface area (Å²) >= 11 is 0. The van der Waals surface area contributed by atoms with Gasteiger partial charge in [0.15, 0.2) is 11.4 Å². The third kappa shape index (κ3) is 4.72. The van der Waals surface area contributed by atoms with Crippen LogP contribution in [0.25, 0.3) is 11.1 Å². The van der Waals surface area contributed by atoms with Crippen LogP contribution in [0, 0.1) is 12.3 Å². The minimum atomic E-state index is -0.437. The number of oxazole rings is 1. The Balaban J connectivity index is 1.94. The Labute approximate surface area is 201 Å². The number of ketones is 1. The van der Waals surface area contributed by atoms with Crippen LogP contribution in [0.15, 0.2) is 40.8 Å². The Bertz CT molecular complexity index is 1190. The number of hydrogen-bond acceptors (Lipinski definition) is 6. The zero-order valence-electron chi connectivity index (χ0n) is 21.3. The van der Waals surface area contributed by atoms with Gasteiger partial charge >= 0.3 is 5.97 Å². The number of Topliss-reactive ketones (excluding diaryl/α,β-unsaturated/α-hetero) is 1. The number of carbonyl (C=O) groups is 2. The molecule has 1 heterocycles. The van der Waals surface area contributed by atoms with E-state index >= 15 is 0 Å². The van der Waals surface area contributed by atoms with Crippen molar-refractivity contribution in [3.63, 3.8) is 0 Å². The fraction of sp³-hybridized carbons (Fsp3) is 0.464. The Morgan fingerprint density at radius 1 is 1.00 bits per heavy atom. The highest BCUT2D eigenvalue weighted by atomic mass is 16.5. The number of ether oxygens (including phenoxy) is 2. The molecule has 0 unspecified atom stereocenters. The van der Waals surface area contributed by atoms with E-state index in [1.165, 1.54) is 7.11 Å². The van der Waals surface area contributed by atoms with Gasteiger partial charge in [0.1, 0.15) is 17.9 Å². The molecule has 2 aromatic carbocycles. The van der Waals surface area contributed by atoms with E-state index in [0.717, 1.165) is 30.4 Å². The third-order valence-corrected chi connectivity index (χ3v) is 7.15. The summed E-state index contributed by atoms with van der Waals surface area (Å²) in [5, 5.41) is 0. The molecule has 0 aliphatic carbocycles. The van der Waals surface area contributed by atoms with Crippen LogP contribution in [0.2, 0.25) is 0 Å². The number of hydrogen-bond donors (Lipinski definition) is 0. The summed E-state index contributed by atoms with van der Waals surface area (Å²) in [6.45, 7) is 12.2. The molecule has 6 nitrogen and oxygen atoms in total. The fourth-order valence-corrected chi connectivity index (χ4v) is 4.10. The first kappa shape index (κ1) is 25.5. The maximum Gasteiger partial charge on any atom is 0.337 e. The molecule has 34 heavy (non-hydrogen) atoms. The summed E-state index contributed by atoms with van der Waals surface area (Å²) in [7, 11) is 1.35. The number of methoxy groups -OCH3 is 1. The van der Waals surface area contributed by atoms with Crippen LogP contribution in [0.3, 0.4) is 0 Å². The predicted octanol–water partition coefficient (Wildman–Crippen LogP) is 6.41. The van der Waals surface area contributed by atoms with E-state index in [1.807, 2.05) is 39.8 Å². The van der Waals surface area contributed by atoms with Crippen LogP contribution < -0.4 is 4.74 Å². The number of esters is 1. The van der Waals surface area contributed by atoms with Crippen molar-refractivity contribution >= 4 is 22.9 Å². The third-order valence-electron chi connectivity index (χ3n) is 7.15. The first-order valence-corrected chi connectivity index (χ1v) is 11.9. The lowest BCUT2D eigenvalue weighted by Gasteiger charge is -2.29. The second-order valence-electron chi connectivity index (χ2n) is 9.41. The minimum absolute atomic E-state index is 0.0569. The van der Waals surface area contributed by atoms with Crippen molar-refractivity contribution in [1.82, 2.24) is 4.98 Å². The molecule has 0 saturated heterocycles. The molecule has 0 spiro atoms. The zero-order chi connectivity index (χ0) is 25.1. The van der Waals surface area contributed by atoms with E-state index in [0.29, 0.717) is 28.3 Å². The number of rotatable bonds is 10. The average Bonchev–Trinajstić information content (AvgIpc) is 3.27. The smallest absolute Gasteiger partial charge is 0.337 e. The van der Waals surface area contributed by atoms with Crippen LogP contribution in [0.1, 0.15) is 81.3 Å². The van der Waals surface area contributed by atoms with E-state index in [2.05, 4.69) is 19.9 Å². The fourth-order valence-electron chi connectivity index (χ4n) is 4.10. The van der Waals surface area contributed by atoms with Gasteiger partial charge in [0.25, 0.3) is 0 Å². The van der Waals surface area contributed by atoms with Gasteiger partial charge in [-0.3, -0.25) is 4.79 Å². The maximum atomic E-state index is 12.5. The number of aryl methyl sites for hydroxylation is 1. The highest BCUT2D eigenvalue weighted by Crippen LogP contribution is 2.41. The largest absolute Gasteiger partial charge is 0.486 e. The molecular weight excluding hydrogens is 430 g/mol. The molecule has 0 bridgehead atoms. The SMILES string of the molecule is CCC(C)(C)C(=O)COc1ccc(C(CC)(CC)c2nc3ccc(C(=O)OC)cc3o2)cc1C. The van der Waals surface area contributed by atoms with Gasteiger partial charge in [0.2, 0.25) is 5.89 Å². The topological polar surface area (TPSA) is 78.6 Å². The molecule has 0 atom stereocenters. The molecule has 3 aromatic rings. The molecule has 0 aliphatic heterocycles. The lowest BCUT2D eigenvalue weighted by Crippen LogP contribution is -2.29. The lowest BCUT2D eigenvalue weighted by molar-refractivity contribution is -0.129. The van der Waals surface area contributed by atoms with E-state index in [9.17, 15) is 9.59 Å². The number of nitrogens with zero attached hydrogens (tertiary/aromatic N) is 1. The van der Waals surface area contributed by atoms with Gasteiger partial charge in [0, 0.05) is 5.41 Å². The van der Waals surface area contributed by atoms with E-state index in [1.54, 1.807) is 18.2 Å². The lowest BCUT2D eigenvalue weighted by atomic mass is 9.75. The summed E-state index contributed by atoms with van der Waals surface area (Å²) < 4.78 is 16.9. The molecule has 0 saturated carbocycles. The van der Waals surface area contributed by atoms with E-state index in [-0.39, 0.29) is 12.4 Å². The summed E-state index contributed by atoms with van der Waals surface area (Å²) in [6.07, 6.45) is 2.33. The minimum Gasteiger partial charge on any atom is -0.486 e. The highest BCUT2D eigenvalue weighted by molar-refractivity contribution is 5.93. The van der Waals surface area contributed by atoms with Gasteiger partial charge in [0.05, 0.1) is 18.1 Å². The molecule has 6 heteroatoms. The summed E-state index contributed by atoms with van der Waals surface area (Å²) in [5.41, 5.74) is 2.87. The standard InChI is InChI=1S/C28H35NO5/c1-8-27(5,6)24(30)17-33-22-14-12-20(15-18(22)4)28(9-2,10-3)26-29-21-13-11-19(25(31)32-7)16-23(21)34-26/h11-16H,8-10,17H2,1-7H3. The van der Waals surface area contributed by atoms with Crippen molar-refractivity contribution in [2.45, 2.75) is 66.2 Å². The maximum absolute atomic E-state index is 12.5. The Hall–Kier alpha value is -3.15. The molecule has 1 aromatic heterocycles. The van der Waals surface area contributed by atoms with Crippen molar-refractivity contribution in [1.29, 1.82) is 0 Å². The second-order valence-corrected chi connectivity index (χ2v) is 9.41. The van der Waals surface area contributed by atoms with Gasteiger partial charge in [-0.1, -0.05) is 46.8 Å². The summed E-state index contributed by atoms with van der Waals surface area (Å²) in [6, 6.07) is 11.2. The molecule has 0 fully saturated rings. The Morgan fingerprint density at radius 3 is 2.29 bits per heavy atom. The highest BCUT2D eigenvalue weighted by Gasteiger charge is 2.36. The van der Waals surface area contributed by atoms with Crippen LogP contribution in [-0.4, -0.2) is 30.5 Å². The Morgan fingerprint density at radius 2 is 1.71 bits per heavy atom. The normalized spacial score (nSPS) is 12.1. The molecule has 182 valence electrons. The van der Waals surface area contributed by atoms with Crippen molar-refractivity contribution in [3.05, 3.63) is 59.0 Å². The van der Waals surface area contributed by atoms with Crippen molar-refractivity contribution < 1.29 is 23.5 Å². The monoisotopic (exact) mass is 465 g/mol. The quantitative estimate of drug-likeness (QED) is 0.322. The van der Waals surface area contributed by atoms with Gasteiger partial charge < -0.3 is 13.9 Å². The second kappa shape index (κ2) is 10.00. The van der Waals surface area contributed by atoms with Crippen LogP contribution >= 0.6 is 0 Å². The van der Waals surface area contributed by atoms with Gasteiger partial charge in [-0.25, -0.2) is 9.78 Å². The van der Waals surface area contributed by atoms with Gasteiger partial charge in [-0.2, -0.15) is 0 Å². The first-order valence-electron chi connectivity index (χ1n) is 11.9. The molecule has 3 rings (SSSR count).